The van der Waals surface area contributed by atoms with E-state index in [1.54, 1.807) is 19.2 Å². The van der Waals surface area contributed by atoms with E-state index in [0.717, 1.165) is 43.4 Å². The number of halogens is 1. The lowest BCUT2D eigenvalue weighted by molar-refractivity contribution is -0.119. The number of ether oxygens (including phenoxy) is 1. The Kier molecular flexibility index (Phi) is 7.06. The summed E-state index contributed by atoms with van der Waals surface area (Å²) in [5.41, 5.74) is 3.49. The van der Waals surface area contributed by atoms with Crippen LogP contribution < -0.4 is 10.9 Å². The number of methoxy groups -OCH3 is 1. The Bertz CT molecular complexity index is 903. The van der Waals surface area contributed by atoms with Crippen LogP contribution in [0.5, 0.6) is 0 Å². The lowest BCUT2D eigenvalue weighted by Gasteiger charge is -2.13. The molecule has 2 N–H and O–H groups in total. The van der Waals surface area contributed by atoms with E-state index in [2.05, 4.69) is 34.6 Å². The molecule has 0 saturated carbocycles. The predicted octanol–water partition coefficient (Wildman–Crippen LogP) is 3.71. The number of benzene rings is 1. The number of carbonyl (C=O) groups excluding carboxylic acids is 1. The summed E-state index contributed by atoms with van der Waals surface area (Å²) in [6.45, 7) is 0.780. The van der Waals surface area contributed by atoms with Gasteiger partial charge in [0.1, 0.15) is 5.02 Å². The van der Waals surface area contributed by atoms with Crippen LogP contribution in [0.1, 0.15) is 42.5 Å². The second kappa shape index (κ2) is 9.71. The Balaban J connectivity index is 1.86. The number of amides is 1. The molecule has 148 valence electrons. The second-order valence-electron chi connectivity index (χ2n) is 6.99. The number of aryl methyl sites for hydroxylation is 1. The number of nitrogens with one attached hydrogen (secondary N) is 2. The van der Waals surface area contributed by atoms with Gasteiger partial charge < -0.3 is 15.0 Å². The average Bonchev–Trinajstić information content (AvgIpc) is 3.11. The fraction of sp³-hybridized carbons (Fsp3) is 0.364. The van der Waals surface area contributed by atoms with Crippen LogP contribution in [-0.2, 0) is 16.0 Å². The highest BCUT2D eigenvalue weighted by molar-refractivity contribution is 6.30. The SMILES string of the molecule is COCCCCc1ccc(C(=C[C@H]2CCC(=O)N2)c2ccc(Cl)c(=O)[nH]2)cc1. The van der Waals surface area contributed by atoms with Gasteiger partial charge in [-0.25, -0.2) is 0 Å². The van der Waals surface area contributed by atoms with Crippen LogP contribution >= 0.6 is 11.6 Å². The van der Waals surface area contributed by atoms with Gasteiger partial charge >= 0.3 is 0 Å². The molecule has 1 aromatic heterocycles. The minimum absolute atomic E-state index is 0.0459. The van der Waals surface area contributed by atoms with Crippen molar-refractivity contribution in [2.45, 2.75) is 38.1 Å². The first-order valence-electron chi connectivity index (χ1n) is 9.55. The molecular weight excluding hydrogens is 376 g/mol. The molecule has 0 radical (unpaired) electrons. The summed E-state index contributed by atoms with van der Waals surface area (Å²) >= 11 is 5.88. The number of hydrogen-bond donors (Lipinski definition) is 2. The molecule has 0 unspecified atom stereocenters. The fourth-order valence-corrected chi connectivity index (χ4v) is 3.46. The molecule has 2 aromatic rings. The van der Waals surface area contributed by atoms with Gasteiger partial charge in [-0.3, -0.25) is 9.59 Å². The van der Waals surface area contributed by atoms with E-state index < -0.39 is 0 Å². The van der Waals surface area contributed by atoms with Gasteiger partial charge in [0.15, 0.2) is 0 Å². The van der Waals surface area contributed by atoms with Crippen molar-refractivity contribution in [3.05, 3.63) is 74.7 Å². The lowest BCUT2D eigenvalue weighted by Crippen LogP contribution is -2.23. The molecule has 1 aromatic carbocycles. The summed E-state index contributed by atoms with van der Waals surface area (Å²) < 4.78 is 5.09. The van der Waals surface area contributed by atoms with E-state index in [9.17, 15) is 9.59 Å². The van der Waals surface area contributed by atoms with E-state index in [1.807, 2.05) is 6.08 Å². The van der Waals surface area contributed by atoms with Crippen molar-refractivity contribution in [1.82, 2.24) is 10.3 Å². The topological polar surface area (TPSA) is 71.2 Å². The van der Waals surface area contributed by atoms with Crippen LogP contribution in [0.2, 0.25) is 5.02 Å². The van der Waals surface area contributed by atoms with Crippen molar-refractivity contribution in [3.8, 4) is 0 Å². The van der Waals surface area contributed by atoms with E-state index in [0.29, 0.717) is 12.1 Å². The molecule has 0 aliphatic carbocycles. The first-order chi connectivity index (χ1) is 13.6. The number of carbonyl (C=O) groups is 1. The van der Waals surface area contributed by atoms with Crippen molar-refractivity contribution in [1.29, 1.82) is 0 Å². The highest BCUT2D eigenvalue weighted by Crippen LogP contribution is 2.25. The van der Waals surface area contributed by atoms with Crippen molar-refractivity contribution in [2.24, 2.45) is 0 Å². The number of rotatable bonds is 8. The highest BCUT2D eigenvalue weighted by atomic mass is 35.5. The Morgan fingerprint density at radius 2 is 1.96 bits per heavy atom. The number of unbranched alkanes of at least 4 members (excludes halogenated alkanes) is 1. The molecule has 1 amide bonds. The van der Waals surface area contributed by atoms with Crippen LogP contribution in [0, 0.1) is 0 Å². The first kappa shape index (κ1) is 20.4. The fourth-order valence-electron chi connectivity index (χ4n) is 3.34. The van der Waals surface area contributed by atoms with E-state index in [4.69, 9.17) is 16.3 Å². The summed E-state index contributed by atoms with van der Waals surface area (Å²) in [7, 11) is 1.72. The molecule has 1 aliphatic heterocycles. The van der Waals surface area contributed by atoms with Crippen molar-refractivity contribution < 1.29 is 9.53 Å². The van der Waals surface area contributed by atoms with Gasteiger partial charge in [0.05, 0.1) is 0 Å². The standard InChI is InChI=1S/C22H25ClN2O3/c1-28-13-3-2-4-15-5-7-16(8-6-15)18(14-17-9-12-21(26)24-17)20-11-10-19(23)22(27)25-20/h5-8,10-11,14,17H,2-4,9,12-13H2,1H3,(H,24,26)(H,25,27)/t17-/m1/s1. The molecule has 0 bridgehead atoms. The maximum Gasteiger partial charge on any atom is 0.267 e. The third-order valence-electron chi connectivity index (χ3n) is 4.88. The van der Waals surface area contributed by atoms with E-state index in [-0.39, 0.29) is 22.5 Å². The molecule has 6 heteroatoms. The number of pyridine rings is 1. The summed E-state index contributed by atoms with van der Waals surface area (Å²) in [6, 6.07) is 11.7. The minimum Gasteiger partial charge on any atom is -0.385 e. The van der Waals surface area contributed by atoms with Crippen molar-refractivity contribution in [3.63, 3.8) is 0 Å². The van der Waals surface area contributed by atoms with Crippen LogP contribution in [0.25, 0.3) is 5.57 Å². The van der Waals surface area contributed by atoms with Gasteiger partial charge in [-0.15, -0.1) is 0 Å². The van der Waals surface area contributed by atoms with Crippen molar-refractivity contribution >= 4 is 23.1 Å². The third kappa shape index (κ3) is 5.33. The van der Waals surface area contributed by atoms with Crippen LogP contribution in [0.3, 0.4) is 0 Å². The number of hydrogen-bond acceptors (Lipinski definition) is 3. The molecule has 5 nitrogen and oxygen atoms in total. The molecule has 1 saturated heterocycles. The zero-order valence-corrected chi connectivity index (χ0v) is 16.7. The van der Waals surface area contributed by atoms with Crippen LogP contribution in [0.15, 0.2) is 47.3 Å². The van der Waals surface area contributed by atoms with Crippen LogP contribution in [0.4, 0.5) is 0 Å². The summed E-state index contributed by atoms with van der Waals surface area (Å²) in [5, 5.41) is 3.11. The molecule has 1 atom stereocenters. The predicted molar refractivity (Wildman–Crippen MR) is 112 cm³/mol. The summed E-state index contributed by atoms with van der Waals surface area (Å²) in [6.07, 6.45) is 6.39. The number of aromatic amines is 1. The van der Waals surface area contributed by atoms with Gasteiger partial charge in [-0.2, -0.15) is 0 Å². The molecular formula is C22H25ClN2O3. The number of H-pyrrole nitrogens is 1. The average molecular weight is 401 g/mol. The molecule has 3 rings (SSSR count). The zero-order valence-electron chi connectivity index (χ0n) is 16.0. The quantitative estimate of drug-likeness (QED) is 0.663. The Hall–Kier alpha value is -2.37. The van der Waals surface area contributed by atoms with Crippen molar-refractivity contribution in [2.75, 3.05) is 13.7 Å². The normalized spacial score (nSPS) is 17.0. The molecule has 28 heavy (non-hydrogen) atoms. The number of aromatic nitrogens is 1. The molecule has 1 aliphatic rings. The Morgan fingerprint density at radius 3 is 2.61 bits per heavy atom. The third-order valence-corrected chi connectivity index (χ3v) is 5.17. The maximum atomic E-state index is 12.0. The van der Waals surface area contributed by atoms with Gasteiger partial charge in [-0.1, -0.05) is 41.9 Å². The van der Waals surface area contributed by atoms with E-state index in [1.165, 1.54) is 5.56 Å². The maximum absolute atomic E-state index is 12.0. The van der Waals surface area contributed by atoms with Gasteiger partial charge in [0.2, 0.25) is 5.91 Å². The highest BCUT2D eigenvalue weighted by Gasteiger charge is 2.20. The Morgan fingerprint density at radius 1 is 1.18 bits per heavy atom. The van der Waals surface area contributed by atoms with E-state index >= 15 is 0 Å². The van der Waals surface area contributed by atoms with Gasteiger partial charge in [0.25, 0.3) is 5.56 Å². The summed E-state index contributed by atoms with van der Waals surface area (Å²) in [5.74, 6) is 0.0524. The smallest absolute Gasteiger partial charge is 0.267 e. The molecule has 1 fully saturated rings. The largest absolute Gasteiger partial charge is 0.385 e. The van der Waals surface area contributed by atoms with Gasteiger partial charge in [-0.05, 0) is 48.9 Å². The van der Waals surface area contributed by atoms with Crippen LogP contribution in [-0.4, -0.2) is 30.6 Å². The minimum atomic E-state index is -0.324. The van der Waals surface area contributed by atoms with Gasteiger partial charge in [0, 0.05) is 37.4 Å². The zero-order chi connectivity index (χ0) is 19.9. The Labute approximate surface area is 169 Å². The second-order valence-corrected chi connectivity index (χ2v) is 7.40. The molecule has 0 spiro atoms. The summed E-state index contributed by atoms with van der Waals surface area (Å²) in [4.78, 5) is 26.4. The lowest BCUT2D eigenvalue weighted by atomic mass is 9.97. The molecule has 2 heterocycles. The monoisotopic (exact) mass is 400 g/mol. The first-order valence-corrected chi connectivity index (χ1v) is 9.93.